The number of anilines is 1. The maximum atomic E-state index is 13.5. The van der Waals surface area contributed by atoms with Crippen LogP contribution >= 0.6 is 0 Å². The molecule has 3 aromatic carbocycles. The van der Waals surface area contributed by atoms with E-state index in [0.29, 0.717) is 47.1 Å². The van der Waals surface area contributed by atoms with Crippen molar-refractivity contribution in [3.05, 3.63) is 89.0 Å². The fraction of sp³-hybridized carbons (Fsp3) is 0.120. The maximum absolute atomic E-state index is 13.5. The van der Waals surface area contributed by atoms with Crippen LogP contribution in [-0.4, -0.2) is 25.0 Å². The molecule has 0 unspecified atom stereocenters. The summed E-state index contributed by atoms with van der Waals surface area (Å²) in [5, 5.41) is 0. The van der Waals surface area contributed by atoms with E-state index in [1.807, 2.05) is 61.5 Å². The molecule has 2 aliphatic rings. The van der Waals surface area contributed by atoms with Gasteiger partial charge in [0, 0.05) is 11.1 Å². The molecule has 5 rings (SSSR count). The molecule has 5 heteroatoms. The van der Waals surface area contributed by atoms with Gasteiger partial charge in [-0.1, -0.05) is 36.4 Å². The summed E-state index contributed by atoms with van der Waals surface area (Å²) in [6.45, 7) is 2.94. The van der Waals surface area contributed by atoms with Crippen LogP contribution in [0.2, 0.25) is 0 Å². The normalized spacial score (nSPS) is 16.6. The van der Waals surface area contributed by atoms with E-state index in [-0.39, 0.29) is 11.8 Å². The average molecular weight is 397 g/mol. The molecule has 0 fully saturated rings. The van der Waals surface area contributed by atoms with E-state index in [1.54, 1.807) is 18.2 Å². The zero-order valence-corrected chi connectivity index (χ0v) is 16.4. The van der Waals surface area contributed by atoms with Gasteiger partial charge in [0.25, 0.3) is 11.8 Å². The molecule has 0 atom stereocenters. The van der Waals surface area contributed by atoms with E-state index in [9.17, 15) is 9.59 Å². The number of carbonyl (C=O) groups is 2. The lowest BCUT2D eigenvalue weighted by molar-refractivity contribution is -0.112. The molecule has 0 aromatic heterocycles. The highest BCUT2D eigenvalue weighted by Gasteiger charge is 2.35. The second-order valence-corrected chi connectivity index (χ2v) is 7.29. The SMILES string of the molecule is Cc1cccc(N2C(=O)/C(=C\c3ccc4c(c3)OCCO4)c3ccccc3C2=O)c1. The topological polar surface area (TPSA) is 55.8 Å². The van der Waals surface area contributed by atoms with Crippen molar-refractivity contribution in [1.29, 1.82) is 0 Å². The molecule has 0 saturated carbocycles. The van der Waals surface area contributed by atoms with Gasteiger partial charge in [-0.15, -0.1) is 0 Å². The number of imide groups is 1. The van der Waals surface area contributed by atoms with E-state index in [2.05, 4.69) is 0 Å². The van der Waals surface area contributed by atoms with Crippen LogP contribution in [0.3, 0.4) is 0 Å². The first-order valence-corrected chi connectivity index (χ1v) is 9.78. The maximum Gasteiger partial charge on any atom is 0.265 e. The van der Waals surface area contributed by atoms with Crippen molar-refractivity contribution in [3.63, 3.8) is 0 Å². The lowest BCUT2D eigenvalue weighted by atomic mass is 9.91. The van der Waals surface area contributed by atoms with E-state index in [4.69, 9.17) is 9.47 Å². The standard InChI is InChI=1S/C25H19NO4/c1-16-5-4-6-18(13-16)26-24(27)20-8-3-2-7-19(20)21(25(26)28)14-17-9-10-22-23(15-17)30-12-11-29-22/h2-10,13-15H,11-12H2,1H3/b21-14-. The first kappa shape index (κ1) is 18.2. The summed E-state index contributed by atoms with van der Waals surface area (Å²) >= 11 is 0. The van der Waals surface area contributed by atoms with Crippen molar-refractivity contribution >= 4 is 29.2 Å². The fourth-order valence-electron chi connectivity index (χ4n) is 3.81. The number of amides is 2. The third-order valence-electron chi connectivity index (χ3n) is 5.22. The minimum atomic E-state index is -0.348. The molecular formula is C25H19NO4. The van der Waals surface area contributed by atoms with E-state index >= 15 is 0 Å². The number of benzene rings is 3. The smallest absolute Gasteiger partial charge is 0.265 e. The van der Waals surface area contributed by atoms with Crippen molar-refractivity contribution in [3.8, 4) is 11.5 Å². The first-order chi connectivity index (χ1) is 14.6. The van der Waals surface area contributed by atoms with Gasteiger partial charge in [0.2, 0.25) is 0 Å². The van der Waals surface area contributed by atoms with E-state index < -0.39 is 0 Å². The van der Waals surface area contributed by atoms with Crippen LogP contribution in [0, 0.1) is 6.92 Å². The van der Waals surface area contributed by atoms with Crippen LogP contribution in [0.5, 0.6) is 11.5 Å². The van der Waals surface area contributed by atoms with Crippen molar-refractivity contribution in [1.82, 2.24) is 0 Å². The molecule has 3 aromatic rings. The number of ether oxygens (including phenoxy) is 2. The molecule has 30 heavy (non-hydrogen) atoms. The zero-order valence-electron chi connectivity index (χ0n) is 16.4. The van der Waals surface area contributed by atoms with Gasteiger partial charge in [-0.05, 0) is 60.0 Å². The quantitative estimate of drug-likeness (QED) is 0.472. The summed E-state index contributed by atoms with van der Waals surface area (Å²) in [6, 6.07) is 20.2. The lowest BCUT2D eigenvalue weighted by Gasteiger charge is -2.29. The Balaban J connectivity index is 1.65. The molecule has 2 aliphatic heterocycles. The van der Waals surface area contributed by atoms with E-state index in [0.717, 1.165) is 11.1 Å². The predicted octanol–water partition coefficient (Wildman–Crippen LogP) is 4.49. The van der Waals surface area contributed by atoms with Crippen molar-refractivity contribution in [2.75, 3.05) is 18.1 Å². The van der Waals surface area contributed by atoms with Crippen LogP contribution in [0.4, 0.5) is 5.69 Å². The molecule has 2 heterocycles. The Kier molecular flexibility index (Phi) is 4.36. The number of hydrogen-bond donors (Lipinski definition) is 0. The molecule has 5 nitrogen and oxygen atoms in total. The highest BCUT2D eigenvalue weighted by atomic mass is 16.6. The van der Waals surface area contributed by atoms with Gasteiger partial charge in [0.15, 0.2) is 11.5 Å². The number of nitrogens with zero attached hydrogens (tertiary/aromatic N) is 1. The third kappa shape index (κ3) is 3.05. The highest BCUT2D eigenvalue weighted by Crippen LogP contribution is 2.36. The van der Waals surface area contributed by atoms with Crippen LogP contribution in [-0.2, 0) is 4.79 Å². The van der Waals surface area contributed by atoms with Gasteiger partial charge in [-0.25, -0.2) is 4.90 Å². The highest BCUT2D eigenvalue weighted by molar-refractivity contribution is 6.43. The molecule has 0 N–H and O–H groups in total. The van der Waals surface area contributed by atoms with Crippen LogP contribution < -0.4 is 14.4 Å². The molecule has 0 saturated heterocycles. The Morgan fingerprint density at radius 1 is 0.800 bits per heavy atom. The summed E-state index contributed by atoms with van der Waals surface area (Å²) in [5.74, 6) is 0.675. The summed E-state index contributed by atoms with van der Waals surface area (Å²) in [5.41, 5.74) is 3.94. The summed E-state index contributed by atoms with van der Waals surface area (Å²) in [4.78, 5) is 27.9. The molecular weight excluding hydrogens is 378 g/mol. The summed E-state index contributed by atoms with van der Waals surface area (Å²) in [6.07, 6.45) is 1.80. The fourth-order valence-corrected chi connectivity index (χ4v) is 3.81. The second kappa shape index (κ2) is 7.19. The molecule has 0 radical (unpaired) electrons. The Bertz CT molecular complexity index is 1210. The molecule has 0 spiro atoms. The Morgan fingerprint density at radius 3 is 2.37 bits per heavy atom. The number of hydrogen-bond acceptors (Lipinski definition) is 4. The number of carbonyl (C=O) groups excluding carboxylic acids is 2. The van der Waals surface area contributed by atoms with Crippen molar-refractivity contribution in [2.45, 2.75) is 6.92 Å². The molecule has 0 bridgehead atoms. The summed E-state index contributed by atoms with van der Waals surface area (Å²) < 4.78 is 11.2. The van der Waals surface area contributed by atoms with E-state index in [1.165, 1.54) is 4.90 Å². The van der Waals surface area contributed by atoms with Gasteiger partial charge >= 0.3 is 0 Å². The van der Waals surface area contributed by atoms with Crippen LogP contribution in [0.25, 0.3) is 11.6 Å². The van der Waals surface area contributed by atoms with Crippen molar-refractivity contribution < 1.29 is 19.1 Å². The minimum Gasteiger partial charge on any atom is -0.486 e. The van der Waals surface area contributed by atoms with Gasteiger partial charge in [-0.2, -0.15) is 0 Å². The predicted molar refractivity (Wildman–Crippen MR) is 115 cm³/mol. The second-order valence-electron chi connectivity index (χ2n) is 7.29. The van der Waals surface area contributed by atoms with Crippen LogP contribution in [0.15, 0.2) is 66.7 Å². The number of rotatable bonds is 2. The Morgan fingerprint density at radius 2 is 1.57 bits per heavy atom. The number of aryl methyl sites for hydroxylation is 1. The van der Waals surface area contributed by atoms with Gasteiger partial charge < -0.3 is 9.47 Å². The van der Waals surface area contributed by atoms with Gasteiger partial charge in [-0.3, -0.25) is 9.59 Å². The van der Waals surface area contributed by atoms with Gasteiger partial charge in [0.05, 0.1) is 5.69 Å². The molecule has 148 valence electrons. The van der Waals surface area contributed by atoms with Gasteiger partial charge in [0.1, 0.15) is 13.2 Å². The Labute approximate surface area is 174 Å². The van der Waals surface area contributed by atoms with Crippen molar-refractivity contribution in [2.24, 2.45) is 0 Å². The summed E-state index contributed by atoms with van der Waals surface area (Å²) in [7, 11) is 0. The largest absolute Gasteiger partial charge is 0.486 e. The lowest BCUT2D eigenvalue weighted by Crippen LogP contribution is -2.41. The average Bonchev–Trinajstić information content (AvgIpc) is 2.77. The minimum absolute atomic E-state index is 0.319. The Hall–Kier alpha value is -3.86. The first-order valence-electron chi connectivity index (χ1n) is 9.78. The number of fused-ring (bicyclic) bond motifs is 2. The molecule has 2 amide bonds. The van der Waals surface area contributed by atoms with Crippen LogP contribution in [0.1, 0.15) is 27.0 Å². The third-order valence-corrected chi connectivity index (χ3v) is 5.22. The zero-order chi connectivity index (χ0) is 20.7. The monoisotopic (exact) mass is 397 g/mol. The molecule has 0 aliphatic carbocycles.